The minimum absolute atomic E-state index is 0.0771. The molecule has 2 N–H and O–H groups in total. The van der Waals surface area contributed by atoms with Crippen LogP contribution in [0.5, 0.6) is 0 Å². The summed E-state index contributed by atoms with van der Waals surface area (Å²) in [4.78, 5) is -0.0771. The number of aromatic amines is 1. The summed E-state index contributed by atoms with van der Waals surface area (Å²) in [5.74, 6) is -0.410. The van der Waals surface area contributed by atoms with Crippen LogP contribution in [0.1, 0.15) is 11.3 Å². The monoisotopic (exact) mass is 381 g/mol. The van der Waals surface area contributed by atoms with Crippen LogP contribution < -0.4 is 4.72 Å². The average molecular weight is 381 g/mol. The summed E-state index contributed by atoms with van der Waals surface area (Å²) in [5, 5.41) is 5.47. The third-order valence-electron chi connectivity index (χ3n) is 3.64. The van der Waals surface area contributed by atoms with E-state index in [1.807, 2.05) is 5.10 Å². The Morgan fingerprint density at radius 3 is 2.35 bits per heavy atom. The van der Waals surface area contributed by atoms with Crippen molar-refractivity contribution in [2.45, 2.75) is 18.0 Å². The predicted octanol–water partition coefficient (Wildman–Crippen LogP) is 4.20. The number of hydrogen-bond acceptors (Lipinski definition) is 3. The van der Waals surface area contributed by atoms with Crippen molar-refractivity contribution in [1.82, 2.24) is 10.2 Å². The Morgan fingerprint density at radius 2 is 1.73 bits per heavy atom. The zero-order valence-electron chi connectivity index (χ0n) is 13.5. The number of sulfonamides is 1. The smallest absolute Gasteiger partial charge is 0.271 e. The van der Waals surface area contributed by atoms with Crippen LogP contribution in [0.25, 0.3) is 11.1 Å². The van der Waals surface area contributed by atoms with E-state index < -0.39 is 27.7 Å². The normalized spacial score (nSPS) is 12.2. The highest BCUT2D eigenvalue weighted by Gasteiger charge is 2.38. The van der Waals surface area contributed by atoms with Crippen molar-refractivity contribution in [2.75, 3.05) is 4.72 Å². The highest BCUT2D eigenvalue weighted by atomic mass is 32.2. The molecule has 9 heteroatoms. The van der Waals surface area contributed by atoms with E-state index in [1.165, 1.54) is 36.4 Å². The number of H-pyrrole nitrogens is 1. The molecule has 0 aliphatic rings. The summed E-state index contributed by atoms with van der Waals surface area (Å²) in [6.07, 6.45) is -4.72. The van der Waals surface area contributed by atoms with Gasteiger partial charge in [0.15, 0.2) is 5.82 Å². The maximum Gasteiger partial charge on any atom is 0.433 e. The SMILES string of the molecule is Cc1cccc(-c2c(NS(=O)(=O)c3ccccc3)n[nH]c2C(F)(F)F)c1. The molecule has 0 atom stereocenters. The van der Waals surface area contributed by atoms with Crippen molar-refractivity contribution in [3.8, 4) is 11.1 Å². The van der Waals surface area contributed by atoms with Crippen LogP contribution in [0, 0.1) is 6.92 Å². The molecule has 0 aliphatic carbocycles. The number of nitrogens with zero attached hydrogens (tertiary/aromatic N) is 1. The van der Waals surface area contributed by atoms with Crippen molar-refractivity contribution in [3.63, 3.8) is 0 Å². The summed E-state index contributed by atoms with van der Waals surface area (Å²) in [6, 6.07) is 13.7. The molecule has 1 aromatic heterocycles. The van der Waals surface area contributed by atoms with Gasteiger partial charge in [0.1, 0.15) is 5.69 Å². The minimum atomic E-state index is -4.72. The highest BCUT2D eigenvalue weighted by molar-refractivity contribution is 7.92. The number of benzene rings is 2. The Bertz CT molecular complexity index is 1030. The van der Waals surface area contributed by atoms with Gasteiger partial charge in [0, 0.05) is 0 Å². The second-order valence-electron chi connectivity index (χ2n) is 5.61. The third kappa shape index (κ3) is 3.57. The van der Waals surface area contributed by atoms with Gasteiger partial charge in [-0.05, 0) is 24.6 Å². The molecule has 2 aromatic carbocycles. The number of halogens is 3. The lowest BCUT2D eigenvalue weighted by Crippen LogP contribution is -2.14. The first kappa shape index (κ1) is 18.0. The molecule has 5 nitrogen and oxygen atoms in total. The number of rotatable bonds is 4. The van der Waals surface area contributed by atoms with Gasteiger partial charge in [0.05, 0.1) is 10.5 Å². The molecule has 0 radical (unpaired) electrons. The first-order valence-electron chi connectivity index (χ1n) is 7.49. The molecule has 1 heterocycles. The molecular formula is C17H14F3N3O2S. The standard InChI is InChI=1S/C17H14F3N3O2S/c1-11-6-5-7-12(10-11)14-15(17(18,19)20)21-22-16(14)23-26(24,25)13-8-3-2-4-9-13/h2-10H,1H3,(H2,21,22,23). The van der Waals surface area contributed by atoms with Gasteiger partial charge in [-0.25, -0.2) is 8.42 Å². The summed E-state index contributed by atoms with van der Waals surface area (Å²) in [6.45, 7) is 1.73. The van der Waals surface area contributed by atoms with Crippen LogP contribution >= 0.6 is 0 Å². The van der Waals surface area contributed by atoms with E-state index in [4.69, 9.17) is 0 Å². The molecule has 0 saturated carbocycles. The van der Waals surface area contributed by atoms with Gasteiger partial charge in [-0.3, -0.25) is 9.82 Å². The zero-order valence-corrected chi connectivity index (χ0v) is 14.3. The topological polar surface area (TPSA) is 74.8 Å². The molecule has 3 aromatic rings. The maximum atomic E-state index is 13.4. The zero-order chi connectivity index (χ0) is 18.9. The van der Waals surface area contributed by atoms with E-state index in [2.05, 4.69) is 9.82 Å². The molecule has 0 unspecified atom stereocenters. The van der Waals surface area contributed by atoms with E-state index in [0.29, 0.717) is 0 Å². The molecule has 0 spiro atoms. The number of alkyl halides is 3. The van der Waals surface area contributed by atoms with Crippen molar-refractivity contribution >= 4 is 15.8 Å². The van der Waals surface area contributed by atoms with Crippen molar-refractivity contribution in [2.24, 2.45) is 0 Å². The van der Waals surface area contributed by atoms with Gasteiger partial charge in [0.2, 0.25) is 0 Å². The molecule has 0 fully saturated rings. The van der Waals surface area contributed by atoms with Crippen LogP contribution in [-0.4, -0.2) is 18.6 Å². The summed E-state index contributed by atoms with van der Waals surface area (Å²) in [7, 11) is -4.09. The number of aromatic nitrogens is 2. The van der Waals surface area contributed by atoms with Crippen LogP contribution in [0.3, 0.4) is 0 Å². The Hall–Kier alpha value is -2.81. The van der Waals surface area contributed by atoms with Crippen molar-refractivity contribution in [1.29, 1.82) is 0 Å². The van der Waals surface area contributed by atoms with Crippen LogP contribution in [0.4, 0.5) is 19.0 Å². The summed E-state index contributed by atoms with van der Waals surface area (Å²) < 4.78 is 67.1. The molecule has 0 amide bonds. The number of hydrogen-bond donors (Lipinski definition) is 2. The minimum Gasteiger partial charge on any atom is -0.271 e. The fourth-order valence-electron chi connectivity index (χ4n) is 2.49. The van der Waals surface area contributed by atoms with Crippen molar-refractivity contribution < 1.29 is 21.6 Å². The second-order valence-corrected chi connectivity index (χ2v) is 7.29. The number of aryl methyl sites for hydroxylation is 1. The lowest BCUT2D eigenvalue weighted by Gasteiger charge is -2.11. The van der Waals surface area contributed by atoms with Gasteiger partial charge in [0.25, 0.3) is 10.0 Å². The predicted molar refractivity (Wildman–Crippen MR) is 91.0 cm³/mol. The van der Waals surface area contributed by atoms with E-state index >= 15 is 0 Å². The van der Waals surface area contributed by atoms with E-state index in [-0.39, 0.29) is 16.0 Å². The van der Waals surface area contributed by atoms with Gasteiger partial charge in [-0.15, -0.1) is 0 Å². The Balaban J connectivity index is 2.13. The third-order valence-corrected chi connectivity index (χ3v) is 5.00. The van der Waals surface area contributed by atoms with Crippen LogP contribution in [0.15, 0.2) is 59.5 Å². The maximum absolute atomic E-state index is 13.4. The quantitative estimate of drug-likeness (QED) is 0.711. The van der Waals surface area contributed by atoms with E-state index in [1.54, 1.807) is 25.1 Å². The molecular weight excluding hydrogens is 367 g/mol. The Labute approximate surface area is 147 Å². The molecule has 3 rings (SSSR count). The fraction of sp³-hybridized carbons (Fsp3) is 0.118. The second kappa shape index (κ2) is 6.49. The van der Waals surface area contributed by atoms with E-state index in [9.17, 15) is 21.6 Å². The van der Waals surface area contributed by atoms with Crippen molar-refractivity contribution in [3.05, 3.63) is 65.9 Å². The van der Waals surface area contributed by atoms with Gasteiger partial charge in [-0.2, -0.15) is 18.3 Å². The Morgan fingerprint density at radius 1 is 1.04 bits per heavy atom. The molecule has 136 valence electrons. The summed E-state index contributed by atoms with van der Waals surface area (Å²) >= 11 is 0. The van der Waals surface area contributed by atoms with E-state index in [0.717, 1.165) is 5.56 Å². The summed E-state index contributed by atoms with van der Waals surface area (Å²) in [5.41, 5.74) is -0.528. The fourth-order valence-corrected chi connectivity index (χ4v) is 3.52. The van der Waals surface area contributed by atoms with Crippen LogP contribution in [-0.2, 0) is 16.2 Å². The van der Waals surface area contributed by atoms with Gasteiger partial charge >= 0.3 is 6.18 Å². The molecule has 26 heavy (non-hydrogen) atoms. The molecule has 0 bridgehead atoms. The Kier molecular flexibility index (Phi) is 4.49. The highest BCUT2D eigenvalue weighted by Crippen LogP contribution is 2.40. The lowest BCUT2D eigenvalue weighted by atomic mass is 10.0. The number of nitrogens with one attached hydrogen (secondary N) is 2. The van der Waals surface area contributed by atoms with Gasteiger partial charge < -0.3 is 0 Å². The number of anilines is 1. The largest absolute Gasteiger partial charge is 0.433 e. The first-order chi connectivity index (χ1) is 12.2. The first-order valence-corrected chi connectivity index (χ1v) is 8.97. The lowest BCUT2D eigenvalue weighted by molar-refractivity contribution is -0.140. The average Bonchev–Trinajstić information content (AvgIpc) is 2.99. The molecule has 0 saturated heterocycles. The molecule has 0 aliphatic heterocycles. The van der Waals surface area contributed by atoms with Gasteiger partial charge in [-0.1, -0.05) is 48.0 Å². The van der Waals surface area contributed by atoms with Crippen LogP contribution in [0.2, 0.25) is 0 Å².